The van der Waals surface area contributed by atoms with Crippen molar-refractivity contribution in [3.63, 3.8) is 0 Å². The molecule has 0 rings (SSSR count). The van der Waals surface area contributed by atoms with E-state index >= 15 is 0 Å². The van der Waals surface area contributed by atoms with Gasteiger partial charge in [-0.1, -0.05) is 0 Å². The Morgan fingerprint density at radius 2 is 1.79 bits per heavy atom. The summed E-state index contributed by atoms with van der Waals surface area (Å²) in [6.07, 6.45) is 2.99. The summed E-state index contributed by atoms with van der Waals surface area (Å²) in [5, 5.41) is 10.4. The van der Waals surface area contributed by atoms with Gasteiger partial charge in [-0.15, -0.1) is 10.2 Å². The van der Waals surface area contributed by atoms with Crippen molar-refractivity contribution in [2.45, 2.75) is 6.92 Å². The molecule has 0 aliphatic carbocycles. The van der Waals surface area contributed by atoms with Crippen LogP contribution in [0, 0.1) is 0 Å². The van der Waals surface area contributed by atoms with Gasteiger partial charge in [0.05, 0.1) is 6.21 Å². The van der Waals surface area contributed by atoms with Crippen LogP contribution in [0.3, 0.4) is 0 Å². The Morgan fingerprint density at radius 3 is 2.29 bits per heavy atom. The Labute approximate surface area is 81.4 Å². The standard InChI is InChI=1S/C6H14N8/c1-4(12-14-6(9)10)2-3-11-13-5(7)8/h2-3,12H,1H3,(H4,7,8,13)(H4,9,10,14). The second-order valence-corrected chi connectivity index (χ2v) is 2.29. The largest absolute Gasteiger partial charge is 0.369 e. The number of nitrogens with zero attached hydrogens (tertiary/aromatic N) is 3. The van der Waals surface area contributed by atoms with Crippen molar-refractivity contribution in [2.75, 3.05) is 0 Å². The van der Waals surface area contributed by atoms with Crippen molar-refractivity contribution in [1.29, 1.82) is 0 Å². The number of nitrogens with two attached hydrogens (primary N) is 4. The monoisotopic (exact) mass is 198 g/mol. The maximum Gasteiger partial charge on any atom is 0.211 e. The highest BCUT2D eigenvalue weighted by atomic mass is 15.3. The molecule has 14 heavy (non-hydrogen) atoms. The van der Waals surface area contributed by atoms with Gasteiger partial charge in [0.1, 0.15) is 0 Å². The molecule has 0 spiro atoms. The predicted octanol–water partition coefficient (Wildman–Crippen LogP) is -2.07. The van der Waals surface area contributed by atoms with Crippen molar-refractivity contribution in [3.05, 3.63) is 11.8 Å². The SMILES string of the molecule is CC(=CC=NN=C(N)N)NN=C(N)N. The van der Waals surface area contributed by atoms with Gasteiger partial charge in [0.25, 0.3) is 0 Å². The van der Waals surface area contributed by atoms with Crippen molar-refractivity contribution in [3.8, 4) is 0 Å². The summed E-state index contributed by atoms with van der Waals surface area (Å²) >= 11 is 0. The fourth-order valence-corrected chi connectivity index (χ4v) is 0.435. The van der Waals surface area contributed by atoms with Gasteiger partial charge in [-0.05, 0) is 13.0 Å². The van der Waals surface area contributed by atoms with Gasteiger partial charge in [0.2, 0.25) is 11.9 Å². The molecule has 0 aromatic carbocycles. The lowest BCUT2D eigenvalue weighted by molar-refractivity contribution is 0.883. The first-order valence-electron chi connectivity index (χ1n) is 3.66. The van der Waals surface area contributed by atoms with E-state index in [9.17, 15) is 0 Å². The highest BCUT2D eigenvalue weighted by Gasteiger charge is 1.82. The van der Waals surface area contributed by atoms with E-state index in [4.69, 9.17) is 22.9 Å². The fraction of sp³-hybridized carbons (Fsp3) is 0.167. The molecule has 78 valence electrons. The van der Waals surface area contributed by atoms with Crippen LogP contribution in [0.4, 0.5) is 0 Å². The average Bonchev–Trinajstić information content (AvgIpc) is 2.08. The van der Waals surface area contributed by atoms with Crippen molar-refractivity contribution >= 4 is 18.1 Å². The Morgan fingerprint density at radius 1 is 1.14 bits per heavy atom. The molecule has 8 heteroatoms. The van der Waals surface area contributed by atoms with Crippen LogP contribution in [-0.2, 0) is 0 Å². The summed E-state index contributed by atoms with van der Waals surface area (Å²) in [4.78, 5) is 0. The molecule has 0 fully saturated rings. The third-order valence-corrected chi connectivity index (χ3v) is 0.926. The molecular weight excluding hydrogens is 184 g/mol. The van der Waals surface area contributed by atoms with Gasteiger partial charge in [0.15, 0.2) is 0 Å². The molecule has 0 bridgehead atoms. The van der Waals surface area contributed by atoms with Gasteiger partial charge in [-0.3, -0.25) is 5.43 Å². The summed E-state index contributed by atoms with van der Waals surface area (Å²) in [5.74, 6) is -0.164. The zero-order valence-electron chi connectivity index (χ0n) is 7.81. The van der Waals surface area contributed by atoms with Crippen LogP contribution in [0.5, 0.6) is 0 Å². The maximum atomic E-state index is 5.08. The molecule has 0 heterocycles. The molecule has 0 radical (unpaired) electrons. The van der Waals surface area contributed by atoms with Crippen LogP contribution < -0.4 is 28.4 Å². The minimum absolute atomic E-state index is 0.0566. The number of hydrogen-bond acceptors (Lipinski definition) is 4. The van der Waals surface area contributed by atoms with E-state index in [0.29, 0.717) is 5.70 Å². The van der Waals surface area contributed by atoms with Crippen LogP contribution in [0.2, 0.25) is 0 Å². The first-order valence-corrected chi connectivity index (χ1v) is 3.66. The molecule has 8 nitrogen and oxygen atoms in total. The molecular formula is C6H14N8. The molecule has 0 saturated carbocycles. The molecule has 0 amide bonds. The van der Waals surface area contributed by atoms with Crippen LogP contribution in [-0.4, -0.2) is 18.1 Å². The van der Waals surface area contributed by atoms with Crippen LogP contribution in [0.25, 0.3) is 0 Å². The second kappa shape index (κ2) is 6.29. The Hall–Kier alpha value is -2.25. The Bertz CT molecular complexity index is 278. The van der Waals surface area contributed by atoms with Crippen molar-refractivity contribution in [2.24, 2.45) is 38.2 Å². The highest BCUT2D eigenvalue weighted by Crippen LogP contribution is 1.83. The van der Waals surface area contributed by atoms with Gasteiger partial charge in [-0.25, -0.2) is 0 Å². The van der Waals surface area contributed by atoms with E-state index in [0.717, 1.165) is 0 Å². The third kappa shape index (κ3) is 7.85. The molecule has 0 unspecified atom stereocenters. The number of hydrogen-bond donors (Lipinski definition) is 5. The summed E-state index contributed by atoms with van der Waals surface area (Å²) < 4.78 is 0. The number of allylic oxidation sites excluding steroid dienone is 2. The van der Waals surface area contributed by atoms with Gasteiger partial charge in [0, 0.05) is 5.70 Å². The van der Waals surface area contributed by atoms with Crippen LogP contribution in [0.1, 0.15) is 6.92 Å². The summed E-state index contributed by atoms with van der Waals surface area (Å²) in [6.45, 7) is 1.74. The van der Waals surface area contributed by atoms with Crippen LogP contribution >= 0.6 is 0 Å². The lowest BCUT2D eigenvalue weighted by Crippen LogP contribution is -2.25. The minimum atomic E-state index is -0.107. The Balaban J connectivity index is 4.06. The van der Waals surface area contributed by atoms with E-state index in [-0.39, 0.29) is 11.9 Å². The molecule has 0 aromatic heterocycles. The maximum absolute atomic E-state index is 5.08. The molecule has 9 N–H and O–H groups in total. The first kappa shape index (κ1) is 11.8. The predicted molar refractivity (Wildman–Crippen MR) is 57.0 cm³/mol. The average molecular weight is 198 g/mol. The zero-order valence-corrected chi connectivity index (χ0v) is 7.81. The number of nitrogens with one attached hydrogen (secondary N) is 1. The topological polar surface area (TPSA) is 153 Å². The molecule has 0 aliphatic heterocycles. The molecule has 0 atom stereocenters. The summed E-state index contributed by atoms with van der Waals surface area (Å²) in [5.41, 5.74) is 23.5. The smallest absolute Gasteiger partial charge is 0.211 e. The van der Waals surface area contributed by atoms with Gasteiger partial charge >= 0.3 is 0 Å². The highest BCUT2D eigenvalue weighted by molar-refractivity contribution is 5.78. The first-order chi connectivity index (χ1) is 6.52. The normalized spacial score (nSPS) is 11.1. The fourth-order valence-electron chi connectivity index (χ4n) is 0.435. The summed E-state index contributed by atoms with van der Waals surface area (Å²) in [6, 6.07) is 0. The molecule has 0 saturated heterocycles. The lowest BCUT2D eigenvalue weighted by Gasteiger charge is -1.97. The van der Waals surface area contributed by atoms with E-state index < -0.39 is 0 Å². The molecule has 0 aliphatic rings. The zero-order chi connectivity index (χ0) is 11.0. The second-order valence-electron chi connectivity index (χ2n) is 2.29. The van der Waals surface area contributed by atoms with E-state index in [2.05, 4.69) is 20.7 Å². The van der Waals surface area contributed by atoms with Gasteiger partial charge < -0.3 is 22.9 Å². The number of hydrazone groups is 1. The van der Waals surface area contributed by atoms with Crippen LogP contribution in [0.15, 0.2) is 27.1 Å². The Kier molecular flexibility index (Phi) is 5.28. The third-order valence-electron chi connectivity index (χ3n) is 0.926. The molecule has 0 aromatic rings. The van der Waals surface area contributed by atoms with Crippen molar-refractivity contribution < 1.29 is 0 Å². The van der Waals surface area contributed by atoms with Gasteiger partial charge in [-0.2, -0.15) is 5.10 Å². The lowest BCUT2D eigenvalue weighted by atomic mass is 10.5. The van der Waals surface area contributed by atoms with E-state index in [1.54, 1.807) is 13.0 Å². The number of rotatable bonds is 4. The number of guanidine groups is 2. The minimum Gasteiger partial charge on any atom is -0.369 e. The van der Waals surface area contributed by atoms with E-state index in [1.807, 2.05) is 0 Å². The van der Waals surface area contributed by atoms with E-state index in [1.165, 1.54) is 6.21 Å². The quantitative estimate of drug-likeness (QED) is 0.199. The van der Waals surface area contributed by atoms with Crippen molar-refractivity contribution in [1.82, 2.24) is 5.43 Å². The summed E-state index contributed by atoms with van der Waals surface area (Å²) in [7, 11) is 0.